The minimum absolute atomic E-state index is 0.282. The van der Waals surface area contributed by atoms with Gasteiger partial charge in [0, 0.05) is 18.1 Å². The highest BCUT2D eigenvalue weighted by Crippen LogP contribution is 2.17. The van der Waals surface area contributed by atoms with Crippen LogP contribution in [0.1, 0.15) is 37.4 Å². The van der Waals surface area contributed by atoms with Crippen molar-refractivity contribution in [1.82, 2.24) is 4.90 Å². The molecule has 1 fully saturated rings. The fourth-order valence-corrected chi connectivity index (χ4v) is 2.50. The zero-order valence-electron chi connectivity index (χ0n) is 11.6. The first-order valence-corrected chi connectivity index (χ1v) is 7.53. The fourth-order valence-electron chi connectivity index (χ4n) is 2.37. The Labute approximate surface area is 125 Å². The average molecular weight is 296 g/mol. The summed E-state index contributed by atoms with van der Waals surface area (Å²) >= 11 is 5.83. The molecule has 4 nitrogen and oxygen atoms in total. The van der Waals surface area contributed by atoms with Crippen LogP contribution in [-0.2, 0) is 0 Å². The Balaban J connectivity index is 1.91. The van der Waals surface area contributed by atoms with Crippen molar-refractivity contribution in [2.75, 3.05) is 19.6 Å². The number of aliphatic hydroxyl groups is 1. The van der Waals surface area contributed by atoms with Crippen molar-refractivity contribution < 1.29 is 5.11 Å². The number of aliphatic hydroxyl groups excluding tert-OH is 1. The Morgan fingerprint density at radius 2 is 1.80 bits per heavy atom. The van der Waals surface area contributed by atoms with E-state index < -0.39 is 6.10 Å². The summed E-state index contributed by atoms with van der Waals surface area (Å²) in [7, 11) is 0. The van der Waals surface area contributed by atoms with Gasteiger partial charge < -0.3 is 15.7 Å². The van der Waals surface area contributed by atoms with Crippen LogP contribution in [-0.4, -0.2) is 35.6 Å². The van der Waals surface area contributed by atoms with Crippen molar-refractivity contribution in [1.29, 1.82) is 0 Å². The van der Waals surface area contributed by atoms with Gasteiger partial charge in [-0.25, -0.2) is 0 Å². The number of hydrogen-bond acceptors (Lipinski definition) is 2. The Kier molecular flexibility index (Phi) is 5.68. The summed E-state index contributed by atoms with van der Waals surface area (Å²) in [6.07, 6.45) is 4.21. The lowest BCUT2D eigenvalue weighted by Gasteiger charge is -2.21. The molecule has 1 heterocycles. The molecular weight excluding hydrogens is 274 g/mol. The second-order valence-corrected chi connectivity index (χ2v) is 5.60. The van der Waals surface area contributed by atoms with Crippen LogP contribution in [0.2, 0.25) is 5.02 Å². The minimum Gasteiger partial charge on any atom is -0.386 e. The van der Waals surface area contributed by atoms with Gasteiger partial charge in [0.1, 0.15) is 0 Å². The van der Waals surface area contributed by atoms with E-state index in [1.54, 1.807) is 12.1 Å². The second-order valence-electron chi connectivity index (χ2n) is 5.17. The predicted octanol–water partition coefficient (Wildman–Crippen LogP) is 2.56. The number of likely N-dealkylation sites (tertiary alicyclic amines) is 1. The van der Waals surface area contributed by atoms with Crippen molar-refractivity contribution in [3.8, 4) is 0 Å². The maximum Gasteiger partial charge on any atom is 0.191 e. The van der Waals surface area contributed by atoms with E-state index in [1.165, 1.54) is 12.8 Å². The van der Waals surface area contributed by atoms with Crippen LogP contribution >= 0.6 is 11.6 Å². The molecule has 0 radical (unpaired) electrons. The SMILES string of the molecule is NC(=NCC(O)c1ccc(Cl)cc1)N1CCCCCC1. The molecular formula is C15H22ClN3O. The summed E-state index contributed by atoms with van der Waals surface area (Å²) in [5.41, 5.74) is 6.82. The summed E-state index contributed by atoms with van der Waals surface area (Å²) in [6, 6.07) is 7.15. The number of guanidine groups is 1. The molecule has 2 rings (SSSR count). The van der Waals surface area contributed by atoms with Gasteiger partial charge in [-0.1, -0.05) is 36.6 Å². The van der Waals surface area contributed by atoms with Crippen molar-refractivity contribution in [2.24, 2.45) is 10.7 Å². The number of hydrogen-bond donors (Lipinski definition) is 2. The van der Waals surface area contributed by atoms with Gasteiger partial charge in [-0.05, 0) is 30.5 Å². The lowest BCUT2D eigenvalue weighted by molar-refractivity contribution is 0.186. The predicted molar refractivity (Wildman–Crippen MR) is 82.9 cm³/mol. The molecule has 1 aromatic carbocycles. The van der Waals surface area contributed by atoms with Crippen LogP contribution in [0.25, 0.3) is 0 Å². The quantitative estimate of drug-likeness (QED) is 0.665. The smallest absolute Gasteiger partial charge is 0.191 e. The van der Waals surface area contributed by atoms with E-state index in [-0.39, 0.29) is 6.54 Å². The monoisotopic (exact) mass is 295 g/mol. The third-order valence-electron chi connectivity index (χ3n) is 3.61. The molecule has 3 N–H and O–H groups in total. The fraction of sp³-hybridized carbons (Fsp3) is 0.533. The van der Waals surface area contributed by atoms with Gasteiger partial charge in [0.15, 0.2) is 5.96 Å². The van der Waals surface area contributed by atoms with Gasteiger partial charge in [0.25, 0.3) is 0 Å². The number of rotatable bonds is 3. The van der Waals surface area contributed by atoms with Crippen molar-refractivity contribution in [3.63, 3.8) is 0 Å². The van der Waals surface area contributed by atoms with Gasteiger partial charge in [-0.15, -0.1) is 0 Å². The number of halogens is 1. The topological polar surface area (TPSA) is 61.9 Å². The number of benzene rings is 1. The Morgan fingerprint density at radius 3 is 2.40 bits per heavy atom. The van der Waals surface area contributed by atoms with Crippen LogP contribution in [0, 0.1) is 0 Å². The molecule has 0 amide bonds. The van der Waals surface area contributed by atoms with Crippen molar-refractivity contribution in [2.45, 2.75) is 31.8 Å². The molecule has 0 aromatic heterocycles. The Hall–Kier alpha value is -1.26. The largest absolute Gasteiger partial charge is 0.386 e. The summed E-state index contributed by atoms with van der Waals surface area (Å²) in [4.78, 5) is 6.44. The van der Waals surface area contributed by atoms with E-state index in [0.717, 1.165) is 31.5 Å². The highest BCUT2D eigenvalue weighted by atomic mass is 35.5. The van der Waals surface area contributed by atoms with E-state index in [9.17, 15) is 5.11 Å². The molecule has 0 spiro atoms. The van der Waals surface area contributed by atoms with E-state index in [1.807, 2.05) is 12.1 Å². The molecule has 0 bridgehead atoms. The third-order valence-corrected chi connectivity index (χ3v) is 3.86. The van der Waals surface area contributed by atoms with Gasteiger partial charge in [-0.3, -0.25) is 4.99 Å². The van der Waals surface area contributed by atoms with Crippen molar-refractivity contribution in [3.05, 3.63) is 34.9 Å². The number of aliphatic imine (C=N–C) groups is 1. The summed E-state index contributed by atoms with van der Waals surface area (Å²) < 4.78 is 0. The number of nitrogens with zero attached hydrogens (tertiary/aromatic N) is 2. The number of nitrogens with two attached hydrogens (primary N) is 1. The Morgan fingerprint density at radius 1 is 1.20 bits per heavy atom. The highest BCUT2D eigenvalue weighted by molar-refractivity contribution is 6.30. The van der Waals surface area contributed by atoms with Crippen molar-refractivity contribution >= 4 is 17.6 Å². The molecule has 0 saturated carbocycles. The first kappa shape index (κ1) is 15.1. The van der Waals surface area contributed by atoms with Gasteiger partial charge in [0.2, 0.25) is 0 Å². The normalized spacial score (nSPS) is 18.7. The first-order chi connectivity index (χ1) is 9.66. The molecule has 1 saturated heterocycles. The molecule has 1 aromatic rings. The lowest BCUT2D eigenvalue weighted by atomic mass is 10.1. The lowest BCUT2D eigenvalue weighted by Crippen LogP contribution is -2.38. The summed E-state index contributed by atoms with van der Waals surface area (Å²) in [5.74, 6) is 0.542. The van der Waals surface area contributed by atoms with E-state index >= 15 is 0 Å². The molecule has 5 heteroatoms. The van der Waals surface area contributed by atoms with Crippen LogP contribution < -0.4 is 5.73 Å². The summed E-state index contributed by atoms with van der Waals surface area (Å²) in [5, 5.41) is 10.8. The van der Waals surface area contributed by atoms with Crippen LogP contribution in [0.5, 0.6) is 0 Å². The van der Waals surface area contributed by atoms with Gasteiger partial charge >= 0.3 is 0 Å². The Bertz CT molecular complexity index is 439. The maximum atomic E-state index is 10.1. The zero-order valence-corrected chi connectivity index (χ0v) is 12.4. The standard InChI is InChI=1S/C15H22ClN3O/c16-13-7-5-12(6-8-13)14(20)11-18-15(17)19-9-3-1-2-4-10-19/h5-8,14,20H,1-4,9-11H2,(H2,17,18). The van der Waals surface area contributed by atoms with Crippen LogP contribution in [0.3, 0.4) is 0 Å². The van der Waals surface area contributed by atoms with E-state index in [4.69, 9.17) is 17.3 Å². The van der Waals surface area contributed by atoms with Gasteiger partial charge in [-0.2, -0.15) is 0 Å². The molecule has 20 heavy (non-hydrogen) atoms. The van der Waals surface area contributed by atoms with Gasteiger partial charge in [0.05, 0.1) is 12.6 Å². The zero-order chi connectivity index (χ0) is 14.4. The molecule has 1 unspecified atom stereocenters. The van der Waals surface area contributed by atoms with Crippen LogP contribution in [0.15, 0.2) is 29.3 Å². The molecule has 1 aliphatic rings. The molecule has 1 atom stereocenters. The van der Waals surface area contributed by atoms with Crippen LogP contribution in [0.4, 0.5) is 0 Å². The summed E-state index contributed by atoms with van der Waals surface area (Å²) in [6.45, 7) is 2.21. The molecule has 110 valence electrons. The minimum atomic E-state index is -0.641. The molecule has 0 aliphatic carbocycles. The average Bonchev–Trinajstić information content (AvgIpc) is 2.74. The molecule has 1 aliphatic heterocycles. The second kappa shape index (κ2) is 7.50. The van der Waals surface area contributed by atoms with E-state index in [2.05, 4.69) is 9.89 Å². The third kappa shape index (κ3) is 4.39. The highest BCUT2D eigenvalue weighted by Gasteiger charge is 2.12. The maximum absolute atomic E-state index is 10.1. The van der Waals surface area contributed by atoms with E-state index in [0.29, 0.717) is 11.0 Å². The first-order valence-electron chi connectivity index (χ1n) is 7.15.